The number of nitrogens with two attached hydrogens (primary N) is 2. The quantitative estimate of drug-likeness (QED) is 0.668. The van der Waals surface area contributed by atoms with Gasteiger partial charge in [-0.1, -0.05) is 6.07 Å². The first-order chi connectivity index (χ1) is 9.54. The third-order valence-electron chi connectivity index (χ3n) is 3.04. The van der Waals surface area contributed by atoms with Gasteiger partial charge in [0.2, 0.25) is 5.91 Å². The Bertz CT molecular complexity index is 723. The zero-order valence-corrected chi connectivity index (χ0v) is 11.2. The Balaban J connectivity index is 2.03. The molecule has 0 aliphatic carbocycles. The lowest BCUT2D eigenvalue weighted by Crippen LogP contribution is -2.18. The minimum atomic E-state index is -0.577. The largest absolute Gasteiger partial charge is 0.385 e. The molecule has 0 radical (unpaired) electrons. The maximum absolute atomic E-state index is 11.4. The summed E-state index contributed by atoms with van der Waals surface area (Å²) in [6.45, 7) is 0. The molecule has 3 rings (SSSR count). The summed E-state index contributed by atoms with van der Waals surface area (Å²) >= 11 is 1.49. The van der Waals surface area contributed by atoms with Crippen LogP contribution in [0.3, 0.4) is 0 Å². The number of amides is 2. The Morgan fingerprint density at radius 3 is 2.80 bits per heavy atom. The monoisotopic (exact) mass is 288 g/mol. The second-order valence-electron chi connectivity index (χ2n) is 4.42. The molecule has 1 aromatic carbocycles. The maximum Gasteiger partial charge on any atom is 0.252 e. The van der Waals surface area contributed by atoms with Gasteiger partial charge < -0.3 is 21.8 Å². The molecule has 1 aromatic heterocycles. The number of primary amides is 1. The van der Waals surface area contributed by atoms with E-state index in [-0.39, 0.29) is 17.3 Å². The minimum Gasteiger partial charge on any atom is -0.385 e. The molecule has 0 fully saturated rings. The average Bonchev–Trinajstić information content (AvgIpc) is 2.80. The van der Waals surface area contributed by atoms with Gasteiger partial charge in [0.05, 0.1) is 17.0 Å². The summed E-state index contributed by atoms with van der Waals surface area (Å²) in [5.74, 6) is 0.0621. The van der Waals surface area contributed by atoms with Gasteiger partial charge in [0, 0.05) is 16.2 Å². The number of nitrogens with one attached hydrogen (secondary N) is 2. The normalized spacial score (nSPS) is 13.7. The highest BCUT2D eigenvalue weighted by Gasteiger charge is 2.17. The fourth-order valence-corrected chi connectivity index (χ4v) is 2.87. The second-order valence-corrected chi connectivity index (χ2v) is 5.44. The molecule has 2 aromatic rings. The van der Waals surface area contributed by atoms with Crippen LogP contribution < -0.4 is 16.8 Å². The summed E-state index contributed by atoms with van der Waals surface area (Å²) in [5, 5.41) is 2.82. The van der Waals surface area contributed by atoms with Crippen LogP contribution in [0.5, 0.6) is 0 Å². The van der Waals surface area contributed by atoms with Gasteiger partial charge in [0.1, 0.15) is 5.82 Å². The Morgan fingerprint density at radius 1 is 1.30 bits per heavy atom. The van der Waals surface area contributed by atoms with E-state index in [4.69, 9.17) is 11.5 Å². The van der Waals surface area contributed by atoms with Gasteiger partial charge in [0.15, 0.2) is 0 Å². The number of hydrogen-bond donors (Lipinski definition) is 4. The highest BCUT2D eigenvalue weighted by atomic mass is 32.2. The van der Waals surface area contributed by atoms with Gasteiger partial charge in [-0.15, -0.1) is 11.8 Å². The molecule has 0 saturated heterocycles. The molecule has 1 aliphatic rings. The fraction of sp³-hybridized carbons (Fsp3) is 0.0769. The Morgan fingerprint density at radius 2 is 2.10 bits per heavy atom. The summed E-state index contributed by atoms with van der Waals surface area (Å²) in [5.41, 5.74) is 13.5. The number of rotatable bonds is 2. The lowest BCUT2D eigenvalue weighted by molar-refractivity contribution is -0.113. The number of carbonyl (C=O) groups is 2. The maximum atomic E-state index is 11.4. The molecular weight excluding hydrogens is 276 g/mol. The molecule has 6 nitrogen and oxygen atoms in total. The predicted octanol–water partition coefficient (Wildman–Crippen LogP) is 1.41. The van der Waals surface area contributed by atoms with Crippen molar-refractivity contribution < 1.29 is 9.59 Å². The first kappa shape index (κ1) is 12.6. The van der Waals surface area contributed by atoms with Gasteiger partial charge in [-0.05, 0) is 18.2 Å². The topological polar surface area (TPSA) is 114 Å². The molecule has 0 bridgehead atoms. The van der Waals surface area contributed by atoms with E-state index in [1.807, 2.05) is 18.2 Å². The van der Waals surface area contributed by atoms with E-state index in [1.165, 1.54) is 11.8 Å². The molecule has 2 amide bonds. The SMILES string of the molecule is NC(=O)c1cc(-c2ccc3c(c2)NC(=O)CS3)[nH]c1N. The van der Waals surface area contributed by atoms with Crippen LogP contribution in [0.1, 0.15) is 10.4 Å². The van der Waals surface area contributed by atoms with Crippen LogP contribution in [-0.2, 0) is 4.79 Å². The summed E-state index contributed by atoms with van der Waals surface area (Å²) in [6.07, 6.45) is 0. The number of carbonyl (C=O) groups excluding carboxylic acids is 2. The smallest absolute Gasteiger partial charge is 0.252 e. The molecule has 102 valence electrons. The number of anilines is 2. The molecule has 20 heavy (non-hydrogen) atoms. The molecule has 0 saturated carbocycles. The number of thioether (sulfide) groups is 1. The van der Waals surface area contributed by atoms with E-state index in [1.54, 1.807) is 6.07 Å². The lowest BCUT2D eigenvalue weighted by atomic mass is 10.1. The van der Waals surface area contributed by atoms with Crippen molar-refractivity contribution in [3.05, 3.63) is 29.8 Å². The van der Waals surface area contributed by atoms with Gasteiger partial charge in [0.25, 0.3) is 5.91 Å². The van der Waals surface area contributed by atoms with Gasteiger partial charge in [-0.25, -0.2) is 0 Å². The number of H-pyrrole nitrogens is 1. The number of benzene rings is 1. The third kappa shape index (κ3) is 2.12. The van der Waals surface area contributed by atoms with E-state index >= 15 is 0 Å². The standard InChI is InChI=1S/C13H12N4O2S/c14-12-7(13(15)19)4-8(17-12)6-1-2-10-9(3-6)16-11(18)5-20-10/h1-4,17H,5,14H2,(H2,15,19)(H,16,18). The van der Waals surface area contributed by atoms with E-state index in [0.29, 0.717) is 11.4 Å². The molecule has 0 atom stereocenters. The molecule has 0 spiro atoms. The van der Waals surface area contributed by atoms with Crippen molar-refractivity contribution in [3.8, 4) is 11.3 Å². The van der Waals surface area contributed by atoms with E-state index < -0.39 is 5.91 Å². The summed E-state index contributed by atoms with van der Waals surface area (Å²) in [6, 6.07) is 7.28. The summed E-state index contributed by atoms with van der Waals surface area (Å²) in [4.78, 5) is 26.5. The van der Waals surface area contributed by atoms with Crippen molar-refractivity contribution >= 4 is 35.1 Å². The van der Waals surface area contributed by atoms with E-state index in [9.17, 15) is 9.59 Å². The average molecular weight is 288 g/mol. The molecular formula is C13H12N4O2S. The zero-order valence-electron chi connectivity index (χ0n) is 10.4. The van der Waals surface area contributed by atoms with Crippen LogP contribution >= 0.6 is 11.8 Å². The van der Waals surface area contributed by atoms with Crippen LogP contribution in [0.25, 0.3) is 11.3 Å². The molecule has 0 unspecified atom stereocenters. The zero-order chi connectivity index (χ0) is 14.3. The summed E-state index contributed by atoms with van der Waals surface area (Å²) < 4.78 is 0. The van der Waals surface area contributed by atoms with Crippen molar-refractivity contribution in [2.24, 2.45) is 5.73 Å². The van der Waals surface area contributed by atoms with E-state index in [2.05, 4.69) is 10.3 Å². The lowest BCUT2D eigenvalue weighted by Gasteiger charge is -2.16. The van der Waals surface area contributed by atoms with Crippen LogP contribution in [0.2, 0.25) is 0 Å². The predicted molar refractivity (Wildman–Crippen MR) is 78.5 cm³/mol. The van der Waals surface area contributed by atoms with Gasteiger partial charge in [-0.2, -0.15) is 0 Å². The van der Waals surface area contributed by atoms with Crippen molar-refractivity contribution in [1.82, 2.24) is 4.98 Å². The molecule has 7 heteroatoms. The highest BCUT2D eigenvalue weighted by Crippen LogP contribution is 2.35. The van der Waals surface area contributed by atoms with Crippen molar-refractivity contribution in [3.63, 3.8) is 0 Å². The Kier molecular flexibility index (Phi) is 2.90. The number of nitrogen functional groups attached to an aromatic ring is 1. The minimum absolute atomic E-state index is 0.0246. The second kappa shape index (κ2) is 4.61. The first-order valence-corrected chi connectivity index (χ1v) is 6.88. The molecule has 2 heterocycles. The van der Waals surface area contributed by atoms with Crippen LogP contribution in [0, 0.1) is 0 Å². The number of aromatic nitrogens is 1. The van der Waals surface area contributed by atoms with Gasteiger partial charge >= 0.3 is 0 Å². The Hall–Kier alpha value is -2.41. The number of fused-ring (bicyclic) bond motifs is 1. The molecule has 1 aliphatic heterocycles. The van der Waals surface area contributed by atoms with Crippen LogP contribution in [0.4, 0.5) is 11.5 Å². The van der Waals surface area contributed by atoms with Crippen molar-refractivity contribution in [2.45, 2.75) is 4.90 Å². The Labute approximate surface area is 118 Å². The number of aromatic amines is 1. The van der Waals surface area contributed by atoms with Crippen molar-refractivity contribution in [2.75, 3.05) is 16.8 Å². The summed E-state index contributed by atoms with van der Waals surface area (Å²) in [7, 11) is 0. The third-order valence-corrected chi connectivity index (χ3v) is 4.11. The van der Waals surface area contributed by atoms with Crippen LogP contribution in [0.15, 0.2) is 29.2 Å². The van der Waals surface area contributed by atoms with Gasteiger partial charge in [-0.3, -0.25) is 9.59 Å². The fourth-order valence-electron chi connectivity index (χ4n) is 2.08. The number of hydrogen-bond acceptors (Lipinski definition) is 4. The van der Waals surface area contributed by atoms with Crippen molar-refractivity contribution in [1.29, 1.82) is 0 Å². The van der Waals surface area contributed by atoms with Crippen LogP contribution in [-0.4, -0.2) is 22.6 Å². The first-order valence-electron chi connectivity index (χ1n) is 5.90. The highest BCUT2D eigenvalue weighted by molar-refractivity contribution is 8.00. The van der Waals surface area contributed by atoms with E-state index in [0.717, 1.165) is 16.1 Å². The molecule has 6 N–H and O–H groups in total.